The molecule has 154 valence electrons. The molecule has 2 fully saturated rings. The Hall–Kier alpha value is -2.66. The average molecular weight is 417 g/mol. The molecule has 10 nitrogen and oxygen atoms in total. The van der Waals surface area contributed by atoms with Gasteiger partial charge < -0.3 is 20.7 Å². The fourth-order valence-corrected chi connectivity index (χ4v) is 5.41. The van der Waals surface area contributed by atoms with Crippen LogP contribution in [-0.2, 0) is 16.0 Å². The van der Waals surface area contributed by atoms with Gasteiger partial charge in [0.15, 0.2) is 5.82 Å². The van der Waals surface area contributed by atoms with Crippen LogP contribution in [0.25, 0.3) is 0 Å². The number of hydrogen-bond donors (Lipinski definition) is 3. The monoisotopic (exact) mass is 417 g/mol. The van der Waals surface area contributed by atoms with E-state index in [1.54, 1.807) is 16.7 Å². The number of aromatic amines is 1. The van der Waals surface area contributed by atoms with E-state index in [-0.39, 0.29) is 34.4 Å². The normalized spacial score (nSPS) is 24.7. The molecule has 0 aliphatic carbocycles. The van der Waals surface area contributed by atoms with Gasteiger partial charge >= 0.3 is 0 Å². The van der Waals surface area contributed by atoms with Crippen molar-refractivity contribution in [2.75, 3.05) is 13.2 Å². The Morgan fingerprint density at radius 1 is 1.45 bits per heavy atom. The second-order valence-electron chi connectivity index (χ2n) is 7.54. The van der Waals surface area contributed by atoms with Crippen LogP contribution in [0.4, 0.5) is 0 Å². The van der Waals surface area contributed by atoms with Crippen molar-refractivity contribution in [3.8, 4) is 5.75 Å². The summed E-state index contributed by atoms with van der Waals surface area (Å²) >= 11 is 1.63. The van der Waals surface area contributed by atoms with Gasteiger partial charge in [0.2, 0.25) is 11.8 Å². The summed E-state index contributed by atoms with van der Waals surface area (Å²) in [6, 6.07) is 6.47. The van der Waals surface area contributed by atoms with Crippen LogP contribution < -0.4 is 15.8 Å². The Labute approximate surface area is 171 Å². The van der Waals surface area contributed by atoms with E-state index in [1.807, 2.05) is 38.1 Å². The van der Waals surface area contributed by atoms with E-state index in [0.29, 0.717) is 24.7 Å². The molecule has 0 saturated carbocycles. The van der Waals surface area contributed by atoms with E-state index in [9.17, 15) is 9.59 Å². The number of β-lactam (4-membered cyclic amide) rings is 1. The number of nitrogens with two attached hydrogens (primary N) is 1. The number of fused-ring (bicyclic) bond motifs is 1. The van der Waals surface area contributed by atoms with Crippen molar-refractivity contribution in [3.63, 3.8) is 0 Å². The molecule has 0 bridgehead atoms. The van der Waals surface area contributed by atoms with Crippen LogP contribution in [0.2, 0.25) is 0 Å². The summed E-state index contributed by atoms with van der Waals surface area (Å²) in [6.07, 6.45) is 0.165. The first-order valence-corrected chi connectivity index (χ1v) is 10.2. The first kappa shape index (κ1) is 19.6. The number of tetrazole rings is 1. The minimum Gasteiger partial charge on any atom is -0.492 e. The van der Waals surface area contributed by atoms with Crippen LogP contribution in [0.3, 0.4) is 0 Å². The molecule has 2 amide bonds. The van der Waals surface area contributed by atoms with Gasteiger partial charge in [-0.15, -0.1) is 22.0 Å². The topological polar surface area (TPSA) is 139 Å². The van der Waals surface area contributed by atoms with Gasteiger partial charge in [0.05, 0.1) is 6.42 Å². The van der Waals surface area contributed by atoms with Crippen LogP contribution in [0, 0.1) is 0 Å². The van der Waals surface area contributed by atoms with E-state index in [0.717, 1.165) is 5.56 Å². The molecule has 0 radical (unpaired) electrons. The highest BCUT2D eigenvalue weighted by Crippen LogP contribution is 2.56. The van der Waals surface area contributed by atoms with Crippen molar-refractivity contribution in [2.45, 2.75) is 42.5 Å². The van der Waals surface area contributed by atoms with Gasteiger partial charge in [-0.05, 0) is 31.5 Å². The van der Waals surface area contributed by atoms with Crippen LogP contribution in [0.5, 0.6) is 5.75 Å². The van der Waals surface area contributed by atoms with Crippen molar-refractivity contribution < 1.29 is 14.3 Å². The summed E-state index contributed by atoms with van der Waals surface area (Å²) < 4.78 is 5.20. The number of aromatic nitrogens is 4. The van der Waals surface area contributed by atoms with Crippen molar-refractivity contribution in [2.24, 2.45) is 5.73 Å². The lowest BCUT2D eigenvalue weighted by molar-refractivity contribution is -0.151. The number of rotatable bonds is 7. The Kier molecular flexibility index (Phi) is 5.17. The first-order valence-electron chi connectivity index (χ1n) is 9.35. The number of amides is 2. The van der Waals surface area contributed by atoms with Gasteiger partial charge in [0, 0.05) is 11.3 Å². The van der Waals surface area contributed by atoms with E-state index in [4.69, 9.17) is 10.5 Å². The van der Waals surface area contributed by atoms with Gasteiger partial charge in [-0.25, -0.2) is 0 Å². The number of thioether (sulfide) groups is 1. The number of H-pyrrole nitrogens is 1. The number of benzene rings is 1. The zero-order valence-corrected chi connectivity index (χ0v) is 17.0. The molecule has 3 heterocycles. The molecule has 3 atom stereocenters. The molecule has 0 spiro atoms. The lowest BCUT2D eigenvalue weighted by Crippen LogP contribution is -2.68. The standard InChI is InChI=1S/C18H23N7O3S/c1-18(2)14(15-21-23-24-22-15)25-16(27)13(17(25)29-18)20-12(26)9-10-4-3-5-11(8-10)28-7-6-19/h3-5,8,13-14,17H,6-7,9,19H2,1-2H3,(H,20,26)(H,21,22,23,24)/t13?,14?,17-/m1/s1. The maximum atomic E-state index is 12.8. The molecule has 2 unspecified atom stereocenters. The summed E-state index contributed by atoms with van der Waals surface area (Å²) in [5.74, 6) is 0.816. The molecular weight excluding hydrogens is 394 g/mol. The largest absolute Gasteiger partial charge is 0.492 e. The maximum Gasteiger partial charge on any atom is 0.249 e. The number of nitrogens with one attached hydrogen (secondary N) is 2. The predicted octanol–water partition coefficient (Wildman–Crippen LogP) is -0.000500. The van der Waals surface area contributed by atoms with E-state index < -0.39 is 6.04 Å². The quantitative estimate of drug-likeness (QED) is 0.535. The lowest BCUT2D eigenvalue weighted by Gasteiger charge is -2.44. The molecule has 11 heteroatoms. The van der Waals surface area contributed by atoms with Crippen LogP contribution in [0.15, 0.2) is 24.3 Å². The van der Waals surface area contributed by atoms with Gasteiger partial charge in [-0.2, -0.15) is 5.21 Å². The molecular formula is C18H23N7O3S. The SMILES string of the molecule is CC1(C)S[C@@H]2C(NC(=O)Cc3cccc(OCCN)c3)C(=O)N2C1c1nn[nH]n1. The predicted molar refractivity (Wildman–Crippen MR) is 106 cm³/mol. The highest BCUT2D eigenvalue weighted by atomic mass is 32.2. The fraction of sp³-hybridized carbons (Fsp3) is 0.500. The minimum absolute atomic E-state index is 0.128. The summed E-state index contributed by atoms with van der Waals surface area (Å²) in [4.78, 5) is 27.1. The van der Waals surface area contributed by atoms with Crippen molar-refractivity contribution in [1.82, 2.24) is 30.8 Å². The fourth-order valence-electron chi connectivity index (χ4n) is 3.78. The number of carbonyl (C=O) groups is 2. The van der Waals surface area contributed by atoms with Gasteiger partial charge in [0.25, 0.3) is 0 Å². The van der Waals surface area contributed by atoms with Crippen molar-refractivity contribution in [1.29, 1.82) is 0 Å². The molecule has 2 aliphatic heterocycles. The first-order chi connectivity index (χ1) is 13.9. The van der Waals surface area contributed by atoms with Crippen LogP contribution in [-0.4, -0.2) is 66.7 Å². The summed E-state index contributed by atoms with van der Waals surface area (Å²) in [5, 5.41) is 16.9. The zero-order chi connectivity index (χ0) is 20.6. The molecule has 2 saturated heterocycles. The van der Waals surface area contributed by atoms with E-state index in [2.05, 4.69) is 25.9 Å². The van der Waals surface area contributed by atoms with Gasteiger partial charge in [-0.3, -0.25) is 9.59 Å². The lowest BCUT2D eigenvalue weighted by atomic mass is 9.95. The smallest absolute Gasteiger partial charge is 0.249 e. The van der Waals surface area contributed by atoms with Crippen LogP contribution >= 0.6 is 11.8 Å². The number of ether oxygens (including phenoxy) is 1. The van der Waals surface area contributed by atoms with E-state index >= 15 is 0 Å². The number of hydrogen-bond acceptors (Lipinski definition) is 8. The molecule has 2 aliphatic rings. The van der Waals surface area contributed by atoms with Gasteiger partial charge in [0.1, 0.15) is 29.8 Å². The third kappa shape index (κ3) is 3.67. The highest BCUT2D eigenvalue weighted by Gasteiger charge is 2.63. The molecule has 29 heavy (non-hydrogen) atoms. The third-order valence-corrected chi connectivity index (χ3v) is 6.59. The zero-order valence-electron chi connectivity index (χ0n) is 16.2. The third-order valence-electron chi connectivity index (χ3n) is 5.01. The van der Waals surface area contributed by atoms with Crippen molar-refractivity contribution in [3.05, 3.63) is 35.7 Å². The maximum absolute atomic E-state index is 12.8. The van der Waals surface area contributed by atoms with Crippen molar-refractivity contribution >= 4 is 23.6 Å². The molecule has 1 aromatic heterocycles. The number of carbonyl (C=O) groups excluding carboxylic acids is 2. The Bertz CT molecular complexity index is 905. The second kappa shape index (κ2) is 7.64. The second-order valence-corrected chi connectivity index (χ2v) is 9.31. The summed E-state index contributed by atoms with van der Waals surface area (Å²) in [5.41, 5.74) is 6.26. The molecule has 4 rings (SSSR count). The van der Waals surface area contributed by atoms with E-state index in [1.165, 1.54) is 0 Å². The highest BCUT2D eigenvalue weighted by molar-refractivity contribution is 8.01. The minimum atomic E-state index is -0.555. The Balaban J connectivity index is 1.40. The Morgan fingerprint density at radius 3 is 3.00 bits per heavy atom. The Morgan fingerprint density at radius 2 is 2.28 bits per heavy atom. The van der Waals surface area contributed by atoms with Crippen LogP contribution in [0.1, 0.15) is 31.3 Å². The van der Waals surface area contributed by atoms with Gasteiger partial charge in [-0.1, -0.05) is 17.3 Å². The average Bonchev–Trinajstić information content (AvgIpc) is 3.29. The summed E-state index contributed by atoms with van der Waals surface area (Å²) in [7, 11) is 0. The molecule has 2 aromatic rings. The molecule has 4 N–H and O–H groups in total. The number of nitrogens with zero attached hydrogens (tertiary/aromatic N) is 4. The molecule has 1 aromatic carbocycles. The summed E-state index contributed by atoms with van der Waals surface area (Å²) in [6.45, 7) is 4.91.